The minimum absolute atomic E-state index is 0.0606. The largest absolute Gasteiger partial charge is 0.484 e. The fraction of sp³-hybridized carbons (Fsp3) is 0.0500. The number of hydrogen-bond acceptors (Lipinski definition) is 4. The first-order valence-corrected chi connectivity index (χ1v) is 10.6. The molecular weight excluding hydrogens is 435 g/mol. The topological polar surface area (TPSA) is 84.5 Å². The van der Waals surface area contributed by atoms with E-state index in [1.807, 2.05) is 0 Å². The lowest BCUT2D eigenvalue weighted by molar-refractivity contribution is -0.118. The van der Waals surface area contributed by atoms with Crippen LogP contribution in [0.25, 0.3) is 0 Å². The number of benzene rings is 3. The van der Waals surface area contributed by atoms with Crippen molar-refractivity contribution in [2.75, 3.05) is 16.6 Å². The van der Waals surface area contributed by atoms with Crippen molar-refractivity contribution in [3.63, 3.8) is 0 Å². The second-order valence-corrected chi connectivity index (χ2v) is 8.48. The van der Waals surface area contributed by atoms with Crippen molar-refractivity contribution in [3.8, 4) is 5.75 Å². The second-order valence-electron chi connectivity index (χ2n) is 5.93. The van der Waals surface area contributed by atoms with E-state index < -0.39 is 10.0 Å². The first-order valence-electron chi connectivity index (χ1n) is 8.38. The predicted octanol–water partition coefficient (Wildman–Crippen LogP) is 4.81. The minimum atomic E-state index is -3.76. The minimum Gasteiger partial charge on any atom is -0.484 e. The van der Waals surface area contributed by atoms with E-state index in [0.29, 0.717) is 27.2 Å². The molecule has 6 nitrogen and oxygen atoms in total. The zero-order valence-corrected chi connectivity index (χ0v) is 17.3. The molecule has 0 saturated carbocycles. The molecular formula is C20H16Cl2N2O4S. The molecule has 3 rings (SSSR count). The van der Waals surface area contributed by atoms with E-state index in [0.717, 1.165) is 0 Å². The van der Waals surface area contributed by atoms with Crippen molar-refractivity contribution in [2.45, 2.75) is 4.90 Å². The van der Waals surface area contributed by atoms with Gasteiger partial charge in [-0.25, -0.2) is 8.42 Å². The summed E-state index contributed by atoms with van der Waals surface area (Å²) in [6.07, 6.45) is 0. The highest BCUT2D eigenvalue weighted by Crippen LogP contribution is 2.21. The van der Waals surface area contributed by atoms with Crippen LogP contribution in [0.1, 0.15) is 0 Å². The van der Waals surface area contributed by atoms with E-state index >= 15 is 0 Å². The molecule has 0 bridgehead atoms. The van der Waals surface area contributed by atoms with E-state index in [9.17, 15) is 13.2 Å². The predicted molar refractivity (Wildman–Crippen MR) is 114 cm³/mol. The van der Waals surface area contributed by atoms with Crippen molar-refractivity contribution >= 4 is 50.5 Å². The van der Waals surface area contributed by atoms with Gasteiger partial charge in [-0.2, -0.15) is 0 Å². The molecule has 2 N–H and O–H groups in total. The van der Waals surface area contributed by atoms with Crippen LogP contribution in [-0.4, -0.2) is 20.9 Å². The molecule has 0 aliphatic carbocycles. The molecule has 0 atom stereocenters. The Kier molecular flexibility index (Phi) is 6.64. The van der Waals surface area contributed by atoms with Crippen LogP contribution in [-0.2, 0) is 14.8 Å². The van der Waals surface area contributed by atoms with Gasteiger partial charge in [0.25, 0.3) is 15.9 Å². The summed E-state index contributed by atoms with van der Waals surface area (Å²) in [5.74, 6) is 0.00937. The average Bonchev–Trinajstić information content (AvgIpc) is 2.70. The highest BCUT2D eigenvalue weighted by molar-refractivity contribution is 7.92. The van der Waals surface area contributed by atoms with Crippen LogP contribution >= 0.6 is 23.2 Å². The summed E-state index contributed by atoms with van der Waals surface area (Å²) in [5, 5.41) is 3.75. The van der Waals surface area contributed by atoms with Crippen molar-refractivity contribution < 1.29 is 17.9 Å². The molecule has 1 amide bonds. The molecule has 3 aromatic rings. The monoisotopic (exact) mass is 450 g/mol. The van der Waals surface area contributed by atoms with E-state index in [1.165, 1.54) is 24.3 Å². The van der Waals surface area contributed by atoms with Gasteiger partial charge < -0.3 is 10.1 Å². The van der Waals surface area contributed by atoms with Crippen molar-refractivity contribution in [3.05, 3.63) is 82.8 Å². The molecule has 0 saturated heterocycles. The molecule has 0 aliphatic heterocycles. The molecule has 0 fully saturated rings. The maximum absolute atomic E-state index is 12.4. The molecule has 0 aromatic heterocycles. The SMILES string of the molecule is O=C(COc1ccc(S(=O)(=O)Nc2ccc(Cl)cc2)cc1)Nc1ccc(Cl)cc1. The molecule has 0 unspecified atom stereocenters. The van der Waals surface area contributed by atoms with Gasteiger partial charge in [-0.15, -0.1) is 0 Å². The van der Waals surface area contributed by atoms with Crippen molar-refractivity contribution in [2.24, 2.45) is 0 Å². The van der Waals surface area contributed by atoms with Crippen molar-refractivity contribution in [1.82, 2.24) is 0 Å². The van der Waals surface area contributed by atoms with Crippen LogP contribution in [0.4, 0.5) is 11.4 Å². The molecule has 29 heavy (non-hydrogen) atoms. The Hall–Kier alpha value is -2.74. The Labute approximate surface area is 178 Å². The maximum atomic E-state index is 12.4. The second kappa shape index (κ2) is 9.17. The Balaban J connectivity index is 1.57. The molecule has 0 heterocycles. The Morgan fingerprint density at radius 3 is 1.86 bits per heavy atom. The number of halogens is 2. The summed E-state index contributed by atoms with van der Waals surface area (Å²) in [6, 6.07) is 18.7. The van der Waals surface area contributed by atoms with Gasteiger partial charge in [0, 0.05) is 21.4 Å². The van der Waals surface area contributed by atoms with Gasteiger partial charge in [0.05, 0.1) is 4.90 Å². The van der Waals surface area contributed by atoms with Crippen LogP contribution < -0.4 is 14.8 Å². The number of anilines is 2. The maximum Gasteiger partial charge on any atom is 0.262 e. The fourth-order valence-electron chi connectivity index (χ4n) is 2.33. The standard InChI is InChI=1S/C20H16Cl2N2O4S/c21-14-1-5-16(6-2-14)23-20(25)13-28-18-9-11-19(12-10-18)29(26,27)24-17-7-3-15(22)4-8-17/h1-12,24H,13H2,(H,23,25). The number of amides is 1. The van der Waals surface area contributed by atoms with Crippen LogP contribution in [0.5, 0.6) is 5.75 Å². The third-order valence-electron chi connectivity index (χ3n) is 3.73. The summed E-state index contributed by atoms with van der Waals surface area (Å²) in [6.45, 7) is -0.224. The number of ether oxygens (including phenoxy) is 1. The third-order valence-corrected chi connectivity index (χ3v) is 5.63. The Morgan fingerprint density at radius 2 is 1.31 bits per heavy atom. The molecule has 0 spiro atoms. The number of hydrogen-bond donors (Lipinski definition) is 2. The van der Waals surface area contributed by atoms with Gasteiger partial charge in [0.15, 0.2) is 6.61 Å². The number of sulfonamides is 1. The van der Waals surface area contributed by atoms with Gasteiger partial charge in [-0.3, -0.25) is 9.52 Å². The third kappa shape index (κ3) is 6.12. The quantitative estimate of drug-likeness (QED) is 0.540. The lowest BCUT2D eigenvalue weighted by Gasteiger charge is -2.10. The molecule has 0 radical (unpaired) electrons. The number of carbonyl (C=O) groups is 1. The fourth-order valence-corrected chi connectivity index (χ4v) is 3.64. The zero-order chi connectivity index (χ0) is 20.9. The molecule has 9 heteroatoms. The zero-order valence-electron chi connectivity index (χ0n) is 14.9. The lowest BCUT2D eigenvalue weighted by Crippen LogP contribution is -2.20. The highest BCUT2D eigenvalue weighted by atomic mass is 35.5. The van der Waals surface area contributed by atoms with Gasteiger partial charge in [-0.1, -0.05) is 23.2 Å². The number of carbonyl (C=O) groups excluding carboxylic acids is 1. The van der Waals surface area contributed by atoms with Gasteiger partial charge >= 0.3 is 0 Å². The smallest absolute Gasteiger partial charge is 0.262 e. The Bertz CT molecular complexity index is 1080. The summed E-state index contributed by atoms with van der Waals surface area (Å²) < 4.78 is 32.7. The van der Waals surface area contributed by atoms with Crippen LogP contribution in [0.2, 0.25) is 10.0 Å². The highest BCUT2D eigenvalue weighted by Gasteiger charge is 2.14. The van der Waals surface area contributed by atoms with Crippen LogP contribution in [0.3, 0.4) is 0 Å². The van der Waals surface area contributed by atoms with Crippen molar-refractivity contribution in [1.29, 1.82) is 0 Å². The molecule has 0 aliphatic rings. The van der Waals surface area contributed by atoms with E-state index in [1.54, 1.807) is 48.5 Å². The average molecular weight is 451 g/mol. The number of rotatable bonds is 7. The normalized spacial score (nSPS) is 11.0. The van der Waals surface area contributed by atoms with Gasteiger partial charge in [0.1, 0.15) is 5.75 Å². The first-order chi connectivity index (χ1) is 13.8. The van der Waals surface area contributed by atoms with Gasteiger partial charge in [-0.05, 0) is 72.8 Å². The van der Waals surface area contributed by atoms with Gasteiger partial charge in [0.2, 0.25) is 0 Å². The van der Waals surface area contributed by atoms with E-state index in [2.05, 4.69) is 10.0 Å². The van der Waals surface area contributed by atoms with Crippen LogP contribution in [0, 0.1) is 0 Å². The van der Waals surface area contributed by atoms with E-state index in [-0.39, 0.29) is 17.4 Å². The summed E-state index contributed by atoms with van der Waals surface area (Å²) >= 11 is 11.6. The summed E-state index contributed by atoms with van der Waals surface area (Å²) in [4.78, 5) is 12.0. The lowest BCUT2D eigenvalue weighted by atomic mass is 10.3. The molecule has 150 valence electrons. The van der Waals surface area contributed by atoms with E-state index in [4.69, 9.17) is 27.9 Å². The Morgan fingerprint density at radius 1 is 0.793 bits per heavy atom. The van der Waals surface area contributed by atoms with Crippen LogP contribution in [0.15, 0.2) is 77.7 Å². The summed E-state index contributed by atoms with van der Waals surface area (Å²) in [5.41, 5.74) is 0.992. The number of nitrogens with one attached hydrogen (secondary N) is 2. The first kappa shape index (κ1) is 21.0. The summed E-state index contributed by atoms with van der Waals surface area (Å²) in [7, 11) is -3.76. The molecule has 3 aromatic carbocycles.